The summed E-state index contributed by atoms with van der Waals surface area (Å²) < 4.78 is 59.2. The highest BCUT2D eigenvalue weighted by Gasteiger charge is 2.52. The predicted molar refractivity (Wildman–Crippen MR) is 254 cm³/mol. The van der Waals surface area contributed by atoms with E-state index in [4.69, 9.17) is 14.2 Å². The van der Waals surface area contributed by atoms with Crippen LogP contribution in [-0.2, 0) is 51.3 Å². The molecule has 68 heavy (non-hydrogen) atoms. The third-order valence-electron chi connectivity index (χ3n) is 15.4. The van der Waals surface area contributed by atoms with E-state index in [1.807, 2.05) is 46.6 Å². The van der Waals surface area contributed by atoms with E-state index in [0.717, 1.165) is 11.8 Å². The number of sulfone groups is 1. The zero-order valence-electron chi connectivity index (χ0n) is 42.0. The van der Waals surface area contributed by atoms with Crippen LogP contribution in [0.3, 0.4) is 0 Å². The number of likely N-dealkylation sites (N-methyl/N-ethyl adjacent to an activating group) is 1. The SMILES string of the molecule is CC[C@H]1OC(=O)[C@H](C)C(=O)[C@H](C)[C@@H](O[C@@H]2O[C@H](C)C[C@H](N(C)CCc3cn([C@H](CF)Cc4ccc(S(C)(=O)=O)cc4)nn3)[C@H]2O)[C@]2(C)CCC(CO)CC[C@H]([C@@H](C)C(=NC(C)=O)[C@H](C)C2)[C@]1(C)O. The highest BCUT2D eigenvalue weighted by molar-refractivity contribution is 7.90. The molecule has 1 amide bonds. The topological polar surface area (TPSA) is 220 Å². The quantitative estimate of drug-likeness (QED) is 0.166. The average molecular weight is 976 g/mol. The number of Topliss-reactive ketones (excluding diaryl/α,β-unsaturated/α-hetero) is 1. The second kappa shape index (κ2) is 23.1. The Morgan fingerprint density at radius 2 is 1.76 bits per heavy atom. The van der Waals surface area contributed by atoms with Crippen LogP contribution >= 0.6 is 0 Å². The molecule has 1 saturated carbocycles. The van der Waals surface area contributed by atoms with Crippen LogP contribution in [0.4, 0.5) is 4.39 Å². The van der Waals surface area contributed by atoms with Gasteiger partial charge in [-0.25, -0.2) is 22.5 Å². The minimum absolute atomic E-state index is 0.113. The molecule has 15 atom stereocenters. The number of fused-ring (bicyclic) bond motifs is 5. The van der Waals surface area contributed by atoms with Crippen LogP contribution in [0.25, 0.3) is 0 Å². The number of nitrogens with zero attached hydrogens (tertiary/aromatic N) is 5. The number of aliphatic imine (C=N–C) groups is 1. The van der Waals surface area contributed by atoms with Gasteiger partial charge in [-0.15, -0.1) is 5.10 Å². The van der Waals surface area contributed by atoms with Gasteiger partial charge in [0.05, 0.1) is 28.8 Å². The van der Waals surface area contributed by atoms with E-state index in [1.54, 1.807) is 32.2 Å². The molecular weight excluding hydrogens is 898 g/mol. The van der Waals surface area contributed by atoms with Gasteiger partial charge in [0.25, 0.3) is 0 Å². The smallest absolute Gasteiger partial charge is 0.316 e. The molecule has 0 radical (unpaired) electrons. The third kappa shape index (κ3) is 13.1. The molecule has 5 rings (SSSR count). The molecule has 16 nitrogen and oxygen atoms in total. The van der Waals surface area contributed by atoms with Crippen molar-refractivity contribution in [2.45, 2.75) is 173 Å². The highest BCUT2D eigenvalue weighted by Crippen LogP contribution is 2.47. The first-order chi connectivity index (χ1) is 31.8. The minimum Gasteiger partial charge on any atom is -0.459 e. The Kier molecular flexibility index (Phi) is 18.9. The van der Waals surface area contributed by atoms with Crippen molar-refractivity contribution in [2.24, 2.45) is 45.9 Å². The molecule has 3 fully saturated rings. The van der Waals surface area contributed by atoms with Crippen LogP contribution in [-0.4, -0.2) is 142 Å². The maximum atomic E-state index is 14.7. The Hall–Kier alpha value is -3.52. The summed E-state index contributed by atoms with van der Waals surface area (Å²) in [6, 6.07) is 5.22. The number of aliphatic hydroxyl groups is 3. The number of benzene rings is 1. The van der Waals surface area contributed by atoms with Crippen molar-refractivity contribution in [3.63, 3.8) is 0 Å². The lowest BCUT2D eigenvalue weighted by molar-refractivity contribution is -0.287. The zero-order chi connectivity index (χ0) is 50.5. The number of carbonyl (C=O) groups is 3. The second-order valence-corrected chi connectivity index (χ2v) is 22.9. The largest absolute Gasteiger partial charge is 0.459 e. The van der Waals surface area contributed by atoms with Crippen LogP contribution in [0.2, 0.25) is 0 Å². The number of alkyl halides is 1. The van der Waals surface area contributed by atoms with E-state index in [9.17, 15) is 42.5 Å². The number of hydrogen-bond acceptors (Lipinski definition) is 14. The van der Waals surface area contributed by atoms with E-state index in [2.05, 4.69) is 15.3 Å². The fourth-order valence-electron chi connectivity index (χ4n) is 11.3. The lowest BCUT2D eigenvalue weighted by Crippen LogP contribution is -2.58. The number of aliphatic hydroxyl groups excluding tert-OH is 2. The average Bonchev–Trinajstić information content (AvgIpc) is 3.76. The van der Waals surface area contributed by atoms with Crippen LogP contribution in [0.5, 0.6) is 0 Å². The number of halogens is 1. The van der Waals surface area contributed by atoms with Crippen molar-refractivity contribution in [2.75, 3.05) is 33.1 Å². The number of rotatable bonds is 13. The maximum absolute atomic E-state index is 14.7. The van der Waals surface area contributed by atoms with Gasteiger partial charge in [0.15, 0.2) is 21.9 Å². The van der Waals surface area contributed by atoms with Gasteiger partial charge in [0, 0.05) is 62.5 Å². The van der Waals surface area contributed by atoms with Gasteiger partial charge in [-0.05, 0) is 120 Å². The molecule has 1 aromatic carbocycles. The zero-order valence-corrected chi connectivity index (χ0v) is 42.8. The summed E-state index contributed by atoms with van der Waals surface area (Å²) in [5.74, 6) is -5.23. The molecule has 3 heterocycles. The molecule has 1 aromatic heterocycles. The van der Waals surface area contributed by atoms with E-state index < -0.39 is 99.6 Å². The summed E-state index contributed by atoms with van der Waals surface area (Å²) in [5.41, 5.74) is -0.487. The molecule has 2 saturated heterocycles. The van der Waals surface area contributed by atoms with Crippen LogP contribution in [0.15, 0.2) is 40.4 Å². The van der Waals surface area contributed by atoms with E-state index in [-0.39, 0.29) is 48.2 Å². The summed E-state index contributed by atoms with van der Waals surface area (Å²) in [6.07, 6.45) is 1.96. The fourth-order valence-corrected chi connectivity index (χ4v) is 12.0. The molecule has 2 aromatic rings. The number of ether oxygens (including phenoxy) is 3. The summed E-state index contributed by atoms with van der Waals surface area (Å²) in [6.45, 7) is 15.6. The molecule has 1 aliphatic carbocycles. The predicted octanol–water partition coefficient (Wildman–Crippen LogP) is 5.54. The Bertz CT molecular complexity index is 2170. The van der Waals surface area contributed by atoms with E-state index >= 15 is 0 Å². The van der Waals surface area contributed by atoms with Crippen molar-refractivity contribution in [3.05, 3.63) is 41.7 Å². The summed E-state index contributed by atoms with van der Waals surface area (Å²) in [7, 11) is -1.49. The lowest BCUT2D eigenvalue weighted by atomic mass is 9.65. The first-order valence-corrected chi connectivity index (χ1v) is 26.3. The molecule has 382 valence electrons. The number of ketones is 1. The van der Waals surface area contributed by atoms with Gasteiger partial charge in [-0.3, -0.25) is 14.4 Å². The summed E-state index contributed by atoms with van der Waals surface area (Å²) in [5, 5.41) is 43.9. The van der Waals surface area contributed by atoms with Gasteiger partial charge in [0.1, 0.15) is 30.4 Å². The van der Waals surface area contributed by atoms with Gasteiger partial charge >= 0.3 is 5.97 Å². The number of aromatic nitrogens is 3. The molecule has 0 spiro atoms. The Morgan fingerprint density at radius 1 is 1.09 bits per heavy atom. The van der Waals surface area contributed by atoms with Crippen molar-refractivity contribution >= 4 is 33.2 Å². The molecule has 18 heteroatoms. The number of amides is 1. The van der Waals surface area contributed by atoms with Gasteiger partial charge in [0.2, 0.25) is 5.91 Å². The van der Waals surface area contributed by atoms with Gasteiger partial charge in [-0.2, -0.15) is 0 Å². The Balaban J connectivity index is 1.44. The first-order valence-electron chi connectivity index (χ1n) is 24.5. The monoisotopic (exact) mass is 976 g/mol. The first kappa shape index (κ1) is 55.4. The number of cyclic esters (lactones) is 1. The number of carbonyl (C=O) groups excluding carboxylic acids is 3. The van der Waals surface area contributed by atoms with Crippen LogP contribution < -0.4 is 0 Å². The summed E-state index contributed by atoms with van der Waals surface area (Å²) in [4.78, 5) is 48.3. The molecule has 3 aliphatic rings. The maximum Gasteiger partial charge on any atom is 0.316 e. The van der Waals surface area contributed by atoms with Gasteiger partial charge in [-0.1, -0.05) is 52.0 Å². The molecule has 1 unspecified atom stereocenters. The van der Waals surface area contributed by atoms with Crippen LogP contribution in [0.1, 0.15) is 125 Å². The van der Waals surface area contributed by atoms with E-state index in [0.29, 0.717) is 62.9 Å². The van der Waals surface area contributed by atoms with Crippen molar-refractivity contribution in [1.29, 1.82) is 0 Å². The lowest BCUT2D eigenvalue weighted by Gasteiger charge is -2.48. The van der Waals surface area contributed by atoms with Crippen molar-refractivity contribution in [3.8, 4) is 0 Å². The highest BCUT2D eigenvalue weighted by atomic mass is 32.2. The number of hydrogen-bond donors (Lipinski definition) is 3. The second-order valence-electron chi connectivity index (χ2n) is 20.9. The molecule has 2 aliphatic heterocycles. The van der Waals surface area contributed by atoms with Crippen molar-refractivity contribution in [1.82, 2.24) is 19.9 Å². The molecule has 3 N–H and O–H groups in total. The minimum atomic E-state index is -3.37. The Morgan fingerprint density at radius 3 is 2.37 bits per heavy atom. The van der Waals surface area contributed by atoms with E-state index in [1.165, 1.54) is 30.7 Å². The van der Waals surface area contributed by atoms with Crippen molar-refractivity contribution < 1.29 is 56.7 Å². The number of esters is 1. The van der Waals surface area contributed by atoms with Gasteiger partial charge < -0.3 is 34.4 Å². The standard InChI is InChI=1S/C50H78FN5O11S/c1-12-42-50(9,62)40-18-15-36(28-57)19-21-49(8,25-29(2)43(31(40)4)52-34(7)58)46(32(5)44(59)33(6)47(61)66-42)67-48-45(60)41(23-30(3)65-48)55(10)22-20-37-27-56(54-53-37)38(26-51)24-35-13-16-39(17-14-35)68(11,63)64/h13-14,16-17,27,29-33,36,38,40-42,45-46,48,57,60,62H,12,15,18-26,28H2,1-11H3/t29-,30-,31-,32+,33-,36?,38+,40-,41+,42-,45-,46-,48+,49-,50+/m1/s1. The Labute approximate surface area is 402 Å². The molecular formula is C50H78FN5O11S. The third-order valence-corrected chi connectivity index (χ3v) is 16.5. The fraction of sp³-hybridized carbons (Fsp3) is 0.760. The summed E-state index contributed by atoms with van der Waals surface area (Å²) >= 11 is 0. The molecule has 2 bridgehead atoms. The normalized spacial score (nSPS) is 35.9. The van der Waals surface area contributed by atoms with Crippen LogP contribution in [0, 0.1) is 40.9 Å².